The van der Waals surface area contributed by atoms with Gasteiger partial charge in [-0.25, -0.2) is 0 Å². The summed E-state index contributed by atoms with van der Waals surface area (Å²) in [7, 11) is 1.69. The van der Waals surface area contributed by atoms with Gasteiger partial charge in [0.25, 0.3) is 0 Å². The summed E-state index contributed by atoms with van der Waals surface area (Å²) in [4.78, 5) is 14.4. The molecule has 0 spiro atoms. The van der Waals surface area contributed by atoms with Crippen LogP contribution in [0.2, 0.25) is 0 Å². The van der Waals surface area contributed by atoms with Gasteiger partial charge in [0.15, 0.2) is 0 Å². The Balaban J connectivity index is 2.54. The molecule has 4 heteroatoms. The monoisotopic (exact) mass is 256 g/mol. The van der Waals surface area contributed by atoms with Crippen molar-refractivity contribution in [1.29, 1.82) is 0 Å². The number of methoxy groups -OCH3 is 1. The zero-order chi connectivity index (χ0) is 13.4. The minimum atomic E-state index is 0.170. The van der Waals surface area contributed by atoms with Gasteiger partial charge in [0, 0.05) is 32.2 Å². The first-order chi connectivity index (χ1) is 8.72. The fourth-order valence-electron chi connectivity index (χ4n) is 2.57. The maximum absolute atomic E-state index is 12.4. The van der Waals surface area contributed by atoms with Crippen LogP contribution in [0.15, 0.2) is 0 Å². The lowest BCUT2D eigenvalue weighted by Gasteiger charge is -2.28. The van der Waals surface area contributed by atoms with Crippen LogP contribution in [0.25, 0.3) is 0 Å². The van der Waals surface area contributed by atoms with E-state index in [1.54, 1.807) is 7.11 Å². The molecule has 1 unspecified atom stereocenters. The van der Waals surface area contributed by atoms with E-state index in [-0.39, 0.29) is 5.92 Å². The molecule has 0 aromatic rings. The van der Waals surface area contributed by atoms with Crippen LogP contribution in [-0.2, 0) is 9.53 Å². The van der Waals surface area contributed by atoms with Crippen molar-refractivity contribution in [3.8, 4) is 0 Å². The van der Waals surface area contributed by atoms with E-state index in [2.05, 4.69) is 19.2 Å². The van der Waals surface area contributed by atoms with Crippen molar-refractivity contribution >= 4 is 5.91 Å². The minimum absolute atomic E-state index is 0.170. The van der Waals surface area contributed by atoms with E-state index in [1.807, 2.05) is 4.90 Å². The average Bonchev–Trinajstić information content (AvgIpc) is 2.88. The summed E-state index contributed by atoms with van der Waals surface area (Å²) in [6, 6.07) is 0.472. The number of hydrogen-bond donors (Lipinski definition) is 1. The molecule has 1 aliphatic heterocycles. The van der Waals surface area contributed by atoms with Crippen LogP contribution in [0.4, 0.5) is 0 Å². The second-order valence-corrected chi connectivity index (χ2v) is 5.08. The fourth-order valence-corrected chi connectivity index (χ4v) is 2.57. The molecule has 1 aliphatic rings. The van der Waals surface area contributed by atoms with Gasteiger partial charge in [-0.3, -0.25) is 4.79 Å². The number of rotatable bonds is 8. The molecule has 0 saturated carbocycles. The Kier molecular flexibility index (Phi) is 7.28. The van der Waals surface area contributed by atoms with E-state index < -0.39 is 0 Å². The Bertz CT molecular complexity index is 236. The van der Waals surface area contributed by atoms with Crippen molar-refractivity contribution in [3.05, 3.63) is 0 Å². The van der Waals surface area contributed by atoms with Gasteiger partial charge in [0.05, 0.1) is 6.61 Å². The quantitative estimate of drug-likeness (QED) is 0.718. The molecule has 0 aliphatic carbocycles. The third-order valence-electron chi connectivity index (χ3n) is 3.81. The van der Waals surface area contributed by atoms with Gasteiger partial charge in [0.2, 0.25) is 5.91 Å². The summed E-state index contributed by atoms with van der Waals surface area (Å²) in [5.41, 5.74) is 0. The molecule has 1 rings (SSSR count). The number of ether oxygens (including phenoxy) is 1. The topological polar surface area (TPSA) is 41.6 Å². The molecule has 1 atom stereocenters. The van der Waals surface area contributed by atoms with Crippen LogP contribution in [0.1, 0.15) is 39.5 Å². The largest absolute Gasteiger partial charge is 0.383 e. The van der Waals surface area contributed by atoms with Gasteiger partial charge >= 0.3 is 0 Å². The molecule has 0 radical (unpaired) electrons. The number of nitrogens with one attached hydrogen (secondary N) is 1. The highest BCUT2D eigenvalue weighted by atomic mass is 16.5. The number of carbonyl (C=O) groups is 1. The van der Waals surface area contributed by atoms with Gasteiger partial charge in [-0.2, -0.15) is 0 Å². The summed E-state index contributed by atoms with van der Waals surface area (Å²) in [6.45, 7) is 7.44. The lowest BCUT2D eigenvalue weighted by molar-refractivity contribution is -0.136. The van der Waals surface area contributed by atoms with E-state index >= 15 is 0 Å². The molecular weight excluding hydrogens is 228 g/mol. The lowest BCUT2D eigenvalue weighted by atomic mass is 10.0. The van der Waals surface area contributed by atoms with Crippen molar-refractivity contribution in [2.24, 2.45) is 5.92 Å². The molecule has 1 saturated heterocycles. The molecule has 1 N–H and O–H groups in total. The van der Waals surface area contributed by atoms with Crippen molar-refractivity contribution in [2.75, 3.05) is 33.4 Å². The molecule has 1 fully saturated rings. The van der Waals surface area contributed by atoms with Crippen LogP contribution in [0, 0.1) is 5.92 Å². The van der Waals surface area contributed by atoms with Crippen LogP contribution in [-0.4, -0.2) is 50.2 Å². The first-order valence-corrected chi connectivity index (χ1v) is 7.24. The van der Waals surface area contributed by atoms with Crippen molar-refractivity contribution in [3.63, 3.8) is 0 Å². The molecule has 18 heavy (non-hydrogen) atoms. The average molecular weight is 256 g/mol. The summed E-state index contributed by atoms with van der Waals surface area (Å²) in [6.07, 6.45) is 4.26. The van der Waals surface area contributed by atoms with Crippen molar-refractivity contribution < 1.29 is 9.53 Å². The van der Waals surface area contributed by atoms with E-state index in [4.69, 9.17) is 4.74 Å². The minimum Gasteiger partial charge on any atom is -0.383 e. The van der Waals surface area contributed by atoms with Crippen LogP contribution in [0.3, 0.4) is 0 Å². The zero-order valence-corrected chi connectivity index (χ0v) is 12.1. The number of amides is 1. The highest BCUT2D eigenvalue weighted by molar-refractivity contribution is 5.78. The summed E-state index contributed by atoms with van der Waals surface area (Å²) >= 11 is 0. The number of carbonyl (C=O) groups excluding carboxylic acids is 1. The summed E-state index contributed by atoms with van der Waals surface area (Å²) in [5.74, 6) is 0.467. The Morgan fingerprint density at radius 1 is 1.44 bits per heavy atom. The predicted molar refractivity (Wildman–Crippen MR) is 73.6 cm³/mol. The van der Waals surface area contributed by atoms with Crippen LogP contribution >= 0.6 is 0 Å². The summed E-state index contributed by atoms with van der Waals surface area (Å²) < 4.78 is 5.12. The van der Waals surface area contributed by atoms with Crippen molar-refractivity contribution in [1.82, 2.24) is 10.2 Å². The van der Waals surface area contributed by atoms with E-state index in [9.17, 15) is 4.79 Å². The molecule has 0 aromatic carbocycles. The molecule has 1 heterocycles. The van der Waals surface area contributed by atoms with Gasteiger partial charge in [-0.05, 0) is 32.2 Å². The Morgan fingerprint density at radius 2 is 2.17 bits per heavy atom. The lowest BCUT2D eigenvalue weighted by Crippen LogP contribution is -2.45. The molecule has 0 bridgehead atoms. The molecule has 4 nitrogen and oxygen atoms in total. The third-order valence-corrected chi connectivity index (χ3v) is 3.81. The van der Waals surface area contributed by atoms with E-state index in [0.29, 0.717) is 25.1 Å². The molecular formula is C14H28N2O2. The summed E-state index contributed by atoms with van der Waals surface area (Å²) in [5, 5.41) is 3.46. The third kappa shape index (κ3) is 4.58. The first-order valence-electron chi connectivity index (χ1n) is 7.24. The Hall–Kier alpha value is -0.610. The molecule has 1 amide bonds. The van der Waals surface area contributed by atoms with Gasteiger partial charge in [-0.15, -0.1) is 0 Å². The highest BCUT2D eigenvalue weighted by Gasteiger charge is 2.25. The fraction of sp³-hybridized carbons (Fsp3) is 0.929. The zero-order valence-electron chi connectivity index (χ0n) is 12.1. The van der Waals surface area contributed by atoms with E-state index in [0.717, 1.165) is 25.9 Å². The SMILES string of the molecule is CCC(CC)C(=O)N(CCOC)CC1CCCN1. The van der Waals surface area contributed by atoms with Crippen LogP contribution in [0.5, 0.6) is 0 Å². The maximum Gasteiger partial charge on any atom is 0.225 e. The van der Waals surface area contributed by atoms with Gasteiger partial charge in [-0.1, -0.05) is 13.8 Å². The number of nitrogens with zero attached hydrogens (tertiary/aromatic N) is 1. The Labute approximate surface area is 111 Å². The second kappa shape index (κ2) is 8.48. The highest BCUT2D eigenvalue weighted by Crippen LogP contribution is 2.14. The molecule has 0 aromatic heterocycles. The van der Waals surface area contributed by atoms with Crippen LogP contribution < -0.4 is 5.32 Å². The normalized spacial score (nSPS) is 19.4. The smallest absolute Gasteiger partial charge is 0.225 e. The predicted octanol–water partition coefficient (Wildman–Crippen LogP) is 1.65. The number of hydrogen-bond acceptors (Lipinski definition) is 3. The van der Waals surface area contributed by atoms with Gasteiger partial charge < -0.3 is 15.0 Å². The Morgan fingerprint density at radius 3 is 2.67 bits per heavy atom. The standard InChI is InChI=1S/C14H28N2O2/c1-4-12(5-2)14(17)16(9-10-18-3)11-13-7-6-8-15-13/h12-13,15H,4-11H2,1-3H3. The van der Waals surface area contributed by atoms with Gasteiger partial charge in [0.1, 0.15) is 0 Å². The first kappa shape index (κ1) is 15.4. The second-order valence-electron chi connectivity index (χ2n) is 5.08. The maximum atomic E-state index is 12.4. The molecule has 106 valence electrons. The van der Waals surface area contributed by atoms with E-state index in [1.165, 1.54) is 12.8 Å². The van der Waals surface area contributed by atoms with Crippen molar-refractivity contribution in [2.45, 2.75) is 45.6 Å².